The van der Waals surface area contributed by atoms with Crippen molar-refractivity contribution in [2.24, 2.45) is 5.73 Å². The standard InChI is InChI=1S/C24H20F2N4O3/c25-18-8-6-15(10-17(18)24(27)28)33-23-16(22-20(11-19(23)26)29-13-30-22)7-9-21(31)32-12-14-4-2-1-3-5-14/h1-11,13,21,31H,12H2,(H3,27,28)(H,29,30)/b9-7+. The Labute approximate surface area is 187 Å². The molecule has 4 rings (SSSR count). The van der Waals surface area contributed by atoms with Crippen molar-refractivity contribution in [2.45, 2.75) is 12.9 Å². The van der Waals surface area contributed by atoms with Gasteiger partial charge in [0, 0.05) is 11.6 Å². The molecule has 0 spiro atoms. The maximum absolute atomic E-state index is 14.9. The minimum atomic E-state index is -1.27. The summed E-state index contributed by atoms with van der Waals surface area (Å²) in [5.74, 6) is -2.01. The van der Waals surface area contributed by atoms with Gasteiger partial charge in [-0.3, -0.25) is 5.41 Å². The first kappa shape index (κ1) is 22.1. The maximum Gasteiger partial charge on any atom is 0.174 e. The summed E-state index contributed by atoms with van der Waals surface area (Å²) >= 11 is 0. The fourth-order valence-corrected chi connectivity index (χ4v) is 3.20. The molecule has 5 N–H and O–H groups in total. The van der Waals surface area contributed by atoms with Gasteiger partial charge in [0.15, 0.2) is 17.9 Å². The third-order valence-electron chi connectivity index (χ3n) is 4.80. The van der Waals surface area contributed by atoms with E-state index in [0.717, 1.165) is 11.6 Å². The van der Waals surface area contributed by atoms with Crippen LogP contribution in [0.2, 0.25) is 0 Å². The van der Waals surface area contributed by atoms with Crippen LogP contribution in [0.1, 0.15) is 16.7 Å². The summed E-state index contributed by atoms with van der Waals surface area (Å²) in [6.45, 7) is 0.181. The average Bonchev–Trinajstić information content (AvgIpc) is 3.27. The van der Waals surface area contributed by atoms with Gasteiger partial charge in [-0.1, -0.05) is 30.3 Å². The van der Waals surface area contributed by atoms with Crippen molar-refractivity contribution in [1.82, 2.24) is 9.97 Å². The lowest BCUT2D eigenvalue weighted by atomic mass is 10.1. The molecule has 9 heteroatoms. The zero-order valence-electron chi connectivity index (χ0n) is 17.3. The van der Waals surface area contributed by atoms with E-state index in [0.29, 0.717) is 11.0 Å². The molecule has 1 aromatic heterocycles. The van der Waals surface area contributed by atoms with Gasteiger partial charge >= 0.3 is 0 Å². The van der Waals surface area contributed by atoms with Gasteiger partial charge in [-0.25, -0.2) is 13.8 Å². The number of hydrogen-bond acceptors (Lipinski definition) is 5. The lowest BCUT2D eigenvalue weighted by molar-refractivity contribution is -0.0727. The second kappa shape index (κ2) is 9.60. The summed E-state index contributed by atoms with van der Waals surface area (Å²) in [6.07, 6.45) is 2.90. The van der Waals surface area contributed by atoms with Gasteiger partial charge in [-0.2, -0.15) is 0 Å². The van der Waals surface area contributed by atoms with Crippen LogP contribution in [-0.2, 0) is 11.3 Å². The molecule has 0 aliphatic rings. The molecule has 1 heterocycles. The number of H-pyrrole nitrogens is 1. The normalized spacial score (nSPS) is 12.3. The molecule has 33 heavy (non-hydrogen) atoms. The minimum absolute atomic E-state index is 0.0749. The Bertz CT molecular complexity index is 1320. The van der Waals surface area contributed by atoms with Gasteiger partial charge < -0.3 is 25.3 Å². The predicted molar refractivity (Wildman–Crippen MR) is 120 cm³/mol. The van der Waals surface area contributed by atoms with Gasteiger partial charge in [0.2, 0.25) is 0 Å². The molecule has 0 saturated carbocycles. The van der Waals surface area contributed by atoms with Crippen molar-refractivity contribution >= 4 is 22.9 Å². The molecule has 0 amide bonds. The van der Waals surface area contributed by atoms with Crippen LogP contribution in [0.25, 0.3) is 17.1 Å². The smallest absolute Gasteiger partial charge is 0.174 e. The van der Waals surface area contributed by atoms with E-state index in [1.54, 1.807) is 0 Å². The van der Waals surface area contributed by atoms with E-state index in [9.17, 15) is 13.9 Å². The van der Waals surface area contributed by atoms with Gasteiger partial charge in [0.25, 0.3) is 0 Å². The quantitative estimate of drug-likeness (QED) is 0.180. The van der Waals surface area contributed by atoms with Crippen LogP contribution in [0.15, 0.2) is 67.0 Å². The number of aliphatic hydroxyl groups excluding tert-OH is 1. The van der Waals surface area contributed by atoms with E-state index in [4.69, 9.17) is 20.6 Å². The molecular formula is C24H20F2N4O3. The number of rotatable bonds is 8. The SMILES string of the molecule is N=C(N)c1cc(Oc2c(F)cc3[nH]cnc3c2/C=C/C(O)OCc2ccccc2)ccc1F. The summed E-state index contributed by atoms with van der Waals surface area (Å²) in [5, 5.41) is 17.7. The number of amidine groups is 1. The fraction of sp³-hybridized carbons (Fsp3) is 0.0833. The number of nitrogens with one attached hydrogen (secondary N) is 2. The number of aromatic nitrogens is 2. The van der Waals surface area contributed by atoms with Crippen LogP contribution in [0.5, 0.6) is 11.5 Å². The topological polar surface area (TPSA) is 117 Å². The largest absolute Gasteiger partial charge is 0.454 e. The zero-order valence-corrected chi connectivity index (χ0v) is 17.3. The summed E-state index contributed by atoms with van der Waals surface area (Å²) in [6, 6.07) is 14.1. The number of benzene rings is 3. The van der Waals surface area contributed by atoms with Crippen molar-refractivity contribution in [1.29, 1.82) is 5.41 Å². The van der Waals surface area contributed by atoms with E-state index in [1.165, 1.54) is 36.7 Å². The Morgan fingerprint density at radius 2 is 1.94 bits per heavy atom. The number of nitrogens with zero attached hydrogens (tertiary/aromatic N) is 1. The molecule has 0 aliphatic carbocycles. The van der Waals surface area contributed by atoms with E-state index < -0.39 is 23.8 Å². The first-order valence-corrected chi connectivity index (χ1v) is 9.91. The Balaban J connectivity index is 1.64. The highest BCUT2D eigenvalue weighted by molar-refractivity contribution is 5.95. The van der Waals surface area contributed by atoms with E-state index in [1.807, 2.05) is 30.3 Å². The molecule has 1 atom stereocenters. The lowest BCUT2D eigenvalue weighted by Crippen LogP contribution is -2.13. The molecule has 0 bridgehead atoms. The van der Waals surface area contributed by atoms with Crippen molar-refractivity contribution < 1.29 is 23.4 Å². The average molecular weight is 450 g/mol. The number of imidazole rings is 1. The van der Waals surface area contributed by atoms with Crippen LogP contribution in [0.3, 0.4) is 0 Å². The Morgan fingerprint density at radius 3 is 2.70 bits per heavy atom. The van der Waals surface area contributed by atoms with E-state index in [2.05, 4.69) is 9.97 Å². The van der Waals surface area contributed by atoms with Crippen LogP contribution in [0, 0.1) is 17.0 Å². The highest BCUT2D eigenvalue weighted by atomic mass is 19.1. The third kappa shape index (κ3) is 5.05. The highest BCUT2D eigenvalue weighted by Crippen LogP contribution is 2.35. The second-order valence-electron chi connectivity index (χ2n) is 7.10. The van der Waals surface area contributed by atoms with Gasteiger partial charge in [-0.05, 0) is 35.9 Å². The number of fused-ring (bicyclic) bond motifs is 1. The molecule has 7 nitrogen and oxygen atoms in total. The summed E-state index contributed by atoms with van der Waals surface area (Å²) < 4.78 is 39.9. The van der Waals surface area contributed by atoms with Crippen LogP contribution in [0.4, 0.5) is 8.78 Å². The Hall–Kier alpha value is -4.08. The molecule has 168 valence electrons. The van der Waals surface area contributed by atoms with Gasteiger partial charge in [0.05, 0.1) is 29.5 Å². The number of nitrogens with two attached hydrogens (primary N) is 1. The molecule has 0 saturated heterocycles. The van der Waals surface area contributed by atoms with Crippen LogP contribution < -0.4 is 10.5 Å². The highest BCUT2D eigenvalue weighted by Gasteiger charge is 2.18. The molecule has 0 radical (unpaired) electrons. The Morgan fingerprint density at radius 1 is 1.15 bits per heavy atom. The van der Waals surface area contributed by atoms with Gasteiger partial charge in [-0.15, -0.1) is 0 Å². The molecule has 0 aliphatic heterocycles. The van der Waals surface area contributed by atoms with Gasteiger partial charge in [0.1, 0.15) is 17.4 Å². The van der Waals surface area contributed by atoms with Crippen molar-refractivity contribution in [3.8, 4) is 11.5 Å². The summed E-state index contributed by atoms with van der Waals surface area (Å²) in [7, 11) is 0. The summed E-state index contributed by atoms with van der Waals surface area (Å²) in [4.78, 5) is 7.03. The van der Waals surface area contributed by atoms with Crippen LogP contribution >= 0.6 is 0 Å². The molecular weight excluding hydrogens is 430 g/mol. The summed E-state index contributed by atoms with van der Waals surface area (Å²) in [5.41, 5.74) is 7.16. The number of aromatic amines is 1. The third-order valence-corrected chi connectivity index (χ3v) is 4.80. The number of hydrogen-bond donors (Lipinski definition) is 4. The maximum atomic E-state index is 14.9. The molecule has 0 fully saturated rings. The van der Waals surface area contributed by atoms with Crippen LogP contribution in [-0.4, -0.2) is 27.2 Å². The van der Waals surface area contributed by atoms with Crippen molar-refractivity contribution in [3.05, 3.63) is 95.3 Å². The molecule has 1 unspecified atom stereocenters. The first-order valence-electron chi connectivity index (χ1n) is 9.91. The van der Waals surface area contributed by atoms with E-state index >= 15 is 0 Å². The lowest BCUT2D eigenvalue weighted by Gasteiger charge is -2.13. The molecule has 3 aromatic carbocycles. The Kier molecular flexibility index (Phi) is 6.43. The van der Waals surface area contributed by atoms with E-state index in [-0.39, 0.29) is 29.2 Å². The number of nitrogen functional groups attached to an aromatic ring is 1. The second-order valence-corrected chi connectivity index (χ2v) is 7.10. The monoisotopic (exact) mass is 450 g/mol. The number of aliphatic hydroxyl groups is 1. The number of halogens is 2. The van der Waals surface area contributed by atoms with Crippen molar-refractivity contribution in [2.75, 3.05) is 0 Å². The minimum Gasteiger partial charge on any atom is -0.454 e. The predicted octanol–water partition coefficient (Wildman–Crippen LogP) is 4.47. The first-order chi connectivity index (χ1) is 15.9. The zero-order chi connectivity index (χ0) is 23.4. The molecule has 4 aromatic rings. The van der Waals surface area contributed by atoms with Crippen molar-refractivity contribution in [3.63, 3.8) is 0 Å². The fourth-order valence-electron chi connectivity index (χ4n) is 3.20. The number of ether oxygens (including phenoxy) is 2.